The van der Waals surface area contributed by atoms with Crippen molar-refractivity contribution in [2.24, 2.45) is 17.3 Å². The van der Waals surface area contributed by atoms with Gasteiger partial charge in [0.2, 0.25) is 0 Å². The average Bonchev–Trinajstić information content (AvgIpc) is 2.81. The Hall–Kier alpha value is -1.66. The van der Waals surface area contributed by atoms with Crippen LogP contribution in [-0.4, -0.2) is 20.9 Å². The average molecular weight is 312 g/mol. The predicted molar refractivity (Wildman–Crippen MR) is 88.2 cm³/mol. The summed E-state index contributed by atoms with van der Waals surface area (Å²) in [6.07, 6.45) is 11.3. The molecule has 0 saturated heterocycles. The Morgan fingerprint density at radius 1 is 1.13 bits per heavy atom. The molecule has 0 bridgehead atoms. The van der Waals surface area contributed by atoms with Gasteiger partial charge in [-0.1, -0.05) is 12.8 Å². The summed E-state index contributed by atoms with van der Waals surface area (Å²) in [7, 11) is 0. The van der Waals surface area contributed by atoms with Crippen molar-refractivity contribution in [3.63, 3.8) is 0 Å². The number of hydrogen-bond acceptors (Lipinski definition) is 3. The van der Waals surface area contributed by atoms with Crippen molar-refractivity contribution in [2.45, 2.75) is 57.0 Å². The van der Waals surface area contributed by atoms with E-state index in [1.807, 2.05) is 0 Å². The first-order valence-electron chi connectivity index (χ1n) is 8.64. The fraction of sp³-hybridized carbons (Fsp3) is 0.600. The van der Waals surface area contributed by atoms with Crippen LogP contribution in [0.25, 0.3) is 0 Å². The number of rotatable bonds is 0. The Kier molecular flexibility index (Phi) is 3.03. The first-order valence-corrected chi connectivity index (χ1v) is 8.64. The summed E-state index contributed by atoms with van der Waals surface area (Å²) in [5, 5.41) is 30.6. The second-order valence-corrected chi connectivity index (χ2v) is 7.95. The molecule has 0 spiro atoms. The zero-order chi connectivity index (χ0) is 16.4. The highest BCUT2D eigenvalue weighted by atomic mass is 16.3. The molecule has 122 valence electrons. The summed E-state index contributed by atoms with van der Waals surface area (Å²) < 4.78 is 0. The number of benzene rings is 1. The van der Waals surface area contributed by atoms with E-state index in [9.17, 15) is 15.3 Å². The molecule has 3 nitrogen and oxygen atoms in total. The molecule has 1 aromatic carbocycles. The molecule has 0 aliphatic heterocycles. The Labute approximate surface area is 137 Å². The van der Waals surface area contributed by atoms with Crippen molar-refractivity contribution < 1.29 is 15.3 Å². The minimum atomic E-state index is -0.972. The van der Waals surface area contributed by atoms with E-state index in [4.69, 9.17) is 6.42 Å². The van der Waals surface area contributed by atoms with E-state index < -0.39 is 5.60 Å². The summed E-state index contributed by atoms with van der Waals surface area (Å²) in [6, 6.07) is 3.48. The molecule has 23 heavy (non-hydrogen) atoms. The van der Waals surface area contributed by atoms with Gasteiger partial charge in [-0.15, -0.1) is 6.42 Å². The van der Waals surface area contributed by atoms with E-state index in [1.165, 1.54) is 5.56 Å². The molecule has 2 saturated carbocycles. The molecular formula is C20H24O3. The number of phenolic OH excluding ortho intramolecular Hbond substituents is 2. The second kappa shape index (κ2) is 4.68. The van der Waals surface area contributed by atoms with Crippen molar-refractivity contribution in [3.8, 4) is 23.8 Å². The standard InChI is InChI=1S/C20H24O3/c1-3-20(23)9-7-16-14-5-4-12-10-17(21)18(22)11-15(12)13(14)6-8-19(16,20)2/h1,10-11,13-14,16,21-23H,4-9H2,2H3/t13-,14+,16-,19-,20?/m1/s1. The van der Waals surface area contributed by atoms with Crippen LogP contribution in [0.3, 0.4) is 0 Å². The quantitative estimate of drug-likeness (QED) is 0.509. The van der Waals surface area contributed by atoms with E-state index in [0.29, 0.717) is 24.2 Å². The van der Waals surface area contributed by atoms with Gasteiger partial charge in [0.05, 0.1) is 0 Å². The highest BCUT2D eigenvalue weighted by Crippen LogP contribution is 2.64. The van der Waals surface area contributed by atoms with Crippen LogP contribution in [-0.2, 0) is 6.42 Å². The van der Waals surface area contributed by atoms with Crippen molar-refractivity contribution in [1.29, 1.82) is 0 Å². The maximum Gasteiger partial charge on any atom is 0.157 e. The molecule has 3 N–H and O–H groups in total. The van der Waals surface area contributed by atoms with Gasteiger partial charge in [-0.05, 0) is 79.5 Å². The molecule has 5 atom stereocenters. The van der Waals surface area contributed by atoms with Crippen LogP contribution in [0.4, 0.5) is 0 Å². The van der Waals surface area contributed by atoms with Crippen LogP contribution < -0.4 is 0 Å². The maximum atomic E-state index is 10.9. The third-order valence-corrected chi connectivity index (χ3v) is 7.21. The van der Waals surface area contributed by atoms with Crippen LogP contribution >= 0.6 is 0 Å². The van der Waals surface area contributed by atoms with Crippen LogP contribution in [0.1, 0.15) is 56.1 Å². The second-order valence-electron chi connectivity index (χ2n) is 7.95. The van der Waals surface area contributed by atoms with Gasteiger partial charge < -0.3 is 15.3 Å². The monoisotopic (exact) mass is 312 g/mol. The Morgan fingerprint density at radius 2 is 1.87 bits per heavy atom. The van der Waals surface area contributed by atoms with E-state index >= 15 is 0 Å². The van der Waals surface area contributed by atoms with Gasteiger partial charge in [0.1, 0.15) is 5.60 Å². The van der Waals surface area contributed by atoms with Gasteiger partial charge in [0.25, 0.3) is 0 Å². The molecule has 4 rings (SSSR count). The zero-order valence-electron chi connectivity index (χ0n) is 13.5. The summed E-state index contributed by atoms with van der Waals surface area (Å²) in [4.78, 5) is 0. The van der Waals surface area contributed by atoms with Crippen molar-refractivity contribution >= 4 is 0 Å². The fourth-order valence-corrected chi connectivity index (χ4v) is 5.85. The molecule has 1 aromatic rings. The highest BCUT2D eigenvalue weighted by Gasteiger charge is 2.61. The molecule has 1 unspecified atom stereocenters. The van der Waals surface area contributed by atoms with Crippen molar-refractivity contribution in [1.82, 2.24) is 0 Å². The fourth-order valence-electron chi connectivity index (χ4n) is 5.85. The van der Waals surface area contributed by atoms with Gasteiger partial charge in [0.15, 0.2) is 11.5 Å². The molecule has 3 heteroatoms. The maximum absolute atomic E-state index is 10.9. The molecule has 0 aromatic heterocycles. The normalized spacial score (nSPS) is 41.5. The van der Waals surface area contributed by atoms with E-state index in [1.54, 1.807) is 12.1 Å². The number of aryl methyl sites for hydroxylation is 1. The summed E-state index contributed by atoms with van der Waals surface area (Å²) >= 11 is 0. The number of hydrogen-bond donors (Lipinski definition) is 3. The highest BCUT2D eigenvalue weighted by molar-refractivity contribution is 5.48. The lowest BCUT2D eigenvalue weighted by atomic mass is 9.53. The minimum absolute atomic E-state index is 0.0228. The summed E-state index contributed by atoms with van der Waals surface area (Å²) in [6.45, 7) is 2.17. The predicted octanol–water partition coefficient (Wildman–Crippen LogP) is 3.32. The minimum Gasteiger partial charge on any atom is -0.504 e. The zero-order valence-corrected chi connectivity index (χ0v) is 13.5. The Bertz CT molecular complexity index is 704. The number of aromatic hydroxyl groups is 2. The van der Waals surface area contributed by atoms with E-state index in [0.717, 1.165) is 37.7 Å². The number of aliphatic hydroxyl groups is 1. The Morgan fingerprint density at radius 3 is 2.61 bits per heavy atom. The SMILES string of the molecule is C#CC1(O)CC[C@@H]2[C@H]3CCc4cc(O)c(O)cc4[C@@H]3CC[C@]21C. The van der Waals surface area contributed by atoms with Crippen LogP contribution in [0.2, 0.25) is 0 Å². The summed E-state index contributed by atoms with van der Waals surface area (Å²) in [5.74, 6) is 4.00. The third kappa shape index (κ3) is 1.82. The lowest BCUT2D eigenvalue weighted by molar-refractivity contribution is -0.0647. The van der Waals surface area contributed by atoms with E-state index in [2.05, 4.69) is 12.8 Å². The van der Waals surface area contributed by atoms with Gasteiger partial charge in [-0.2, -0.15) is 0 Å². The first kappa shape index (κ1) is 14.9. The molecule has 3 aliphatic carbocycles. The smallest absolute Gasteiger partial charge is 0.157 e. The van der Waals surface area contributed by atoms with Crippen LogP contribution in [0.15, 0.2) is 12.1 Å². The van der Waals surface area contributed by atoms with Crippen LogP contribution in [0.5, 0.6) is 11.5 Å². The first-order chi connectivity index (χ1) is 10.9. The number of fused-ring (bicyclic) bond motifs is 5. The van der Waals surface area contributed by atoms with Crippen molar-refractivity contribution in [3.05, 3.63) is 23.3 Å². The molecule has 0 amide bonds. The van der Waals surface area contributed by atoms with Crippen LogP contribution in [0, 0.1) is 29.6 Å². The number of phenols is 2. The molecule has 3 aliphatic rings. The molecule has 0 heterocycles. The lowest BCUT2D eigenvalue weighted by Gasteiger charge is -2.52. The van der Waals surface area contributed by atoms with E-state index in [-0.39, 0.29) is 16.9 Å². The number of terminal acetylenes is 1. The largest absolute Gasteiger partial charge is 0.504 e. The van der Waals surface area contributed by atoms with Gasteiger partial charge in [-0.25, -0.2) is 0 Å². The van der Waals surface area contributed by atoms with Gasteiger partial charge in [0, 0.05) is 5.41 Å². The van der Waals surface area contributed by atoms with Crippen molar-refractivity contribution in [2.75, 3.05) is 0 Å². The molecular weight excluding hydrogens is 288 g/mol. The lowest BCUT2D eigenvalue weighted by Crippen LogP contribution is -2.50. The molecule has 2 fully saturated rings. The van der Waals surface area contributed by atoms with Gasteiger partial charge in [-0.3, -0.25) is 0 Å². The third-order valence-electron chi connectivity index (χ3n) is 7.21. The Balaban J connectivity index is 1.74. The topological polar surface area (TPSA) is 60.7 Å². The summed E-state index contributed by atoms with van der Waals surface area (Å²) in [5.41, 5.74) is 1.18. The van der Waals surface area contributed by atoms with Gasteiger partial charge >= 0.3 is 0 Å². The molecule has 0 radical (unpaired) electrons.